The molecule has 0 bridgehead atoms. The zero-order valence-corrected chi connectivity index (χ0v) is 17.1. The van der Waals surface area contributed by atoms with E-state index in [0.29, 0.717) is 5.69 Å². The van der Waals surface area contributed by atoms with Gasteiger partial charge in [0.05, 0.1) is 15.8 Å². The molecular weight excluding hydrogens is 477 g/mol. The van der Waals surface area contributed by atoms with Crippen LogP contribution >= 0.6 is 15.9 Å². The van der Waals surface area contributed by atoms with Gasteiger partial charge in [-0.15, -0.1) is 0 Å². The summed E-state index contributed by atoms with van der Waals surface area (Å²) >= 11 is 3.04. The van der Waals surface area contributed by atoms with Crippen LogP contribution in [0.1, 0.15) is 12.1 Å². The van der Waals surface area contributed by atoms with Crippen molar-refractivity contribution in [1.82, 2.24) is 20.1 Å². The maximum Gasteiger partial charge on any atom is 0.277 e. The molecule has 0 spiro atoms. The fourth-order valence-electron chi connectivity index (χ4n) is 2.70. The van der Waals surface area contributed by atoms with Crippen molar-refractivity contribution in [1.29, 1.82) is 0 Å². The highest BCUT2D eigenvalue weighted by Gasteiger charge is 2.40. The molecule has 29 heavy (non-hydrogen) atoms. The average Bonchev–Trinajstić information content (AvgIpc) is 3.28. The Balaban J connectivity index is 1.76. The number of hydrogen-bond donors (Lipinski definition) is 5. The number of β-amino-alcohol motifs (C(OH)–C–C–N with tert-alkyl or cyclic N) is 1. The molecule has 1 aromatic carbocycles. The lowest BCUT2D eigenvalue weighted by Gasteiger charge is -2.22. The SMILES string of the molecule is NS(=O)(=O)N1CC[C@](O)(CNc2nonc2C(=Nc2ccc(F)c(Br)c2)NO)C1. The summed E-state index contributed by atoms with van der Waals surface area (Å²) in [6, 6.07) is 3.95. The summed E-state index contributed by atoms with van der Waals surface area (Å²) in [6.07, 6.45) is 0.153. The molecule has 2 heterocycles. The van der Waals surface area contributed by atoms with Crippen molar-refractivity contribution in [2.75, 3.05) is 25.0 Å². The van der Waals surface area contributed by atoms with Crippen LogP contribution in [0.3, 0.4) is 0 Å². The number of benzene rings is 1. The second-order valence-corrected chi connectivity index (χ2v) is 8.74. The lowest BCUT2D eigenvalue weighted by atomic mass is 10.0. The molecule has 6 N–H and O–H groups in total. The molecule has 0 amide bonds. The number of hydrogen-bond acceptors (Lipinski definition) is 9. The number of aliphatic hydroxyl groups is 1. The van der Waals surface area contributed by atoms with Gasteiger partial charge in [-0.1, -0.05) is 0 Å². The first-order valence-electron chi connectivity index (χ1n) is 8.12. The van der Waals surface area contributed by atoms with E-state index < -0.39 is 21.6 Å². The Morgan fingerprint density at radius 1 is 1.48 bits per heavy atom. The molecular formula is C14H17BrFN7O5S. The third-order valence-corrected chi connectivity index (χ3v) is 5.84. The van der Waals surface area contributed by atoms with Crippen LogP contribution in [0, 0.1) is 5.82 Å². The standard InChI is InChI=1S/C14H17BrFN7O5S/c15-9-5-8(1-2-10(9)16)19-13(20-25)11-12(22-28-21-11)18-6-14(24)3-4-23(7-14)29(17,26)27/h1-2,5,24-25H,3-4,6-7H2,(H,18,22)(H,19,20)(H2,17,26,27)/t14-/m0/s1. The van der Waals surface area contributed by atoms with Gasteiger partial charge in [0, 0.05) is 19.6 Å². The van der Waals surface area contributed by atoms with Crippen molar-refractivity contribution in [2.24, 2.45) is 10.1 Å². The maximum atomic E-state index is 13.4. The van der Waals surface area contributed by atoms with Gasteiger partial charge in [0.1, 0.15) is 5.82 Å². The first-order valence-corrected chi connectivity index (χ1v) is 10.4. The number of rotatable bonds is 6. The Labute approximate surface area is 172 Å². The number of anilines is 1. The summed E-state index contributed by atoms with van der Waals surface area (Å²) in [5.74, 6) is -0.600. The zero-order chi connectivity index (χ0) is 21.2. The molecule has 1 aromatic heterocycles. The molecule has 2 aromatic rings. The molecule has 0 aliphatic carbocycles. The van der Waals surface area contributed by atoms with Gasteiger partial charge in [0.25, 0.3) is 10.2 Å². The smallest absolute Gasteiger partial charge is 0.277 e. The lowest BCUT2D eigenvalue weighted by molar-refractivity contribution is 0.0694. The van der Waals surface area contributed by atoms with Gasteiger partial charge in [-0.2, -0.15) is 12.7 Å². The summed E-state index contributed by atoms with van der Waals surface area (Å²) < 4.78 is 42.0. The van der Waals surface area contributed by atoms with Crippen molar-refractivity contribution < 1.29 is 27.8 Å². The molecule has 1 atom stereocenters. The van der Waals surface area contributed by atoms with Crippen molar-refractivity contribution >= 4 is 43.5 Å². The highest BCUT2D eigenvalue weighted by atomic mass is 79.9. The topological polar surface area (TPSA) is 179 Å². The molecule has 0 unspecified atom stereocenters. The quantitative estimate of drug-likeness (QED) is 0.211. The molecule has 0 radical (unpaired) electrons. The number of nitrogens with two attached hydrogens (primary N) is 1. The minimum Gasteiger partial charge on any atom is -0.387 e. The van der Waals surface area contributed by atoms with E-state index in [1.807, 2.05) is 5.48 Å². The third-order valence-electron chi connectivity index (χ3n) is 4.20. The van der Waals surface area contributed by atoms with E-state index in [9.17, 15) is 23.1 Å². The average molecular weight is 494 g/mol. The molecule has 1 fully saturated rings. The van der Waals surface area contributed by atoms with Crippen LogP contribution in [0.5, 0.6) is 0 Å². The van der Waals surface area contributed by atoms with Crippen LogP contribution in [0.15, 0.2) is 32.3 Å². The van der Waals surface area contributed by atoms with E-state index in [4.69, 9.17) is 5.14 Å². The zero-order valence-electron chi connectivity index (χ0n) is 14.7. The summed E-state index contributed by atoms with van der Waals surface area (Å²) in [7, 11) is -3.91. The normalized spacial score (nSPS) is 20.8. The lowest BCUT2D eigenvalue weighted by Crippen LogP contribution is -2.43. The van der Waals surface area contributed by atoms with Crippen LogP contribution in [-0.2, 0) is 10.2 Å². The maximum absolute atomic E-state index is 13.4. The molecule has 1 aliphatic rings. The number of nitrogens with zero attached hydrogens (tertiary/aromatic N) is 4. The molecule has 1 aliphatic heterocycles. The Bertz CT molecular complexity index is 1030. The van der Waals surface area contributed by atoms with Crippen LogP contribution in [0.4, 0.5) is 15.9 Å². The van der Waals surface area contributed by atoms with Gasteiger partial charge in [-0.25, -0.2) is 19.2 Å². The van der Waals surface area contributed by atoms with Crippen LogP contribution in [-0.4, -0.2) is 64.4 Å². The first-order chi connectivity index (χ1) is 13.6. The fraction of sp³-hybridized carbons (Fsp3) is 0.357. The Kier molecular flexibility index (Phi) is 6.16. The summed E-state index contributed by atoms with van der Waals surface area (Å²) in [5.41, 5.74) is 0.747. The third kappa shape index (κ3) is 5.06. The largest absolute Gasteiger partial charge is 0.387 e. The number of amidine groups is 1. The van der Waals surface area contributed by atoms with Gasteiger partial charge in [-0.3, -0.25) is 10.7 Å². The Morgan fingerprint density at radius 3 is 2.86 bits per heavy atom. The highest BCUT2D eigenvalue weighted by molar-refractivity contribution is 9.10. The molecule has 15 heteroatoms. The number of halogens is 2. The number of aliphatic imine (C=N–C) groups is 1. The van der Waals surface area contributed by atoms with Crippen molar-refractivity contribution in [3.63, 3.8) is 0 Å². The number of hydroxylamine groups is 1. The minimum atomic E-state index is -3.91. The Hall–Kier alpha value is -2.17. The van der Waals surface area contributed by atoms with Crippen molar-refractivity contribution in [3.05, 3.63) is 34.2 Å². The summed E-state index contributed by atoms with van der Waals surface area (Å²) in [5, 5.41) is 35.2. The molecule has 3 rings (SSSR count). The number of aromatic nitrogens is 2. The van der Waals surface area contributed by atoms with Gasteiger partial charge in [0.2, 0.25) is 5.82 Å². The highest BCUT2D eigenvalue weighted by Crippen LogP contribution is 2.25. The fourth-order valence-corrected chi connectivity index (χ4v) is 3.84. The minimum absolute atomic E-state index is 0.0159. The Morgan fingerprint density at radius 2 is 2.24 bits per heavy atom. The van der Waals surface area contributed by atoms with Gasteiger partial charge in [-0.05, 0) is 50.9 Å². The second-order valence-electron chi connectivity index (χ2n) is 6.34. The van der Waals surface area contributed by atoms with E-state index in [1.54, 1.807) is 0 Å². The van der Waals surface area contributed by atoms with Gasteiger partial charge >= 0.3 is 0 Å². The van der Waals surface area contributed by atoms with Crippen LogP contribution < -0.4 is 15.9 Å². The molecule has 12 nitrogen and oxygen atoms in total. The van der Waals surface area contributed by atoms with Crippen LogP contribution in [0.2, 0.25) is 0 Å². The van der Waals surface area contributed by atoms with E-state index in [2.05, 4.69) is 41.2 Å². The van der Waals surface area contributed by atoms with E-state index in [-0.39, 0.29) is 47.9 Å². The second kappa shape index (κ2) is 8.29. The van der Waals surface area contributed by atoms with Gasteiger partial charge < -0.3 is 10.4 Å². The van der Waals surface area contributed by atoms with E-state index >= 15 is 0 Å². The van der Waals surface area contributed by atoms with E-state index in [0.717, 1.165) is 4.31 Å². The molecule has 0 saturated carbocycles. The van der Waals surface area contributed by atoms with E-state index in [1.165, 1.54) is 18.2 Å². The summed E-state index contributed by atoms with van der Waals surface area (Å²) in [6.45, 7) is -0.214. The predicted octanol–water partition coefficient (Wildman–Crippen LogP) is 0.0805. The number of nitrogens with one attached hydrogen (secondary N) is 2. The van der Waals surface area contributed by atoms with Crippen LogP contribution in [0.25, 0.3) is 0 Å². The molecule has 1 saturated heterocycles. The monoisotopic (exact) mass is 493 g/mol. The predicted molar refractivity (Wildman–Crippen MR) is 102 cm³/mol. The van der Waals surface area contributed by atoms with Gasteiger partial charge in [0.15, 0.2) is 11.5 Å². The molecule has 158 valence electrons. The van der Waals surface area contributed by atoms with Crippen molar-refractivity contribution in [3.8, 4) is 0 Å². The summed E-state index contributed by atoms with van der Waals surface area (Å²) in [4.78, 5) is 4.11. The van der Waals surface area contributed by atoms with Crippen molar-refractivity contribution in [2.45, 2.75) is 12.0 Å². The first kappa shape index (κ1) is 21.5.